The minimum absolute atomic E-state index is 0.107. The highest BCUT2D eigenvalue weighted by Crippen LogP contribution is 2.32. The fourth-order valence-corrected chi connectivity index (χ4v) is 4.77. The predicted octanol–water partition coefficient (Wildman–Crippen LogP) is 2.53. The Balaban J connectivity index is 1.67. The summed E-state index contributed by atoms with van der Waals surface area (Å²) in [7, 11) is 0. The van der Waals surface area contributed by atoms with Crippen molar-refractivity contribution in [2.24, 2.45) is 11.8 Å². The third-order valence-electron chi connectivity index (χ3n) is 5.97. The number of likely N-dealkylation sites (tertiary alicyclic amines) is 1. The Morgan fingerprint density at radius 1 is 1.04 bits per heavy atom. The third kappa shape index (κ3) is 3.82. The Hall–Kier alpha value is -1.59. The average Bonchev–Trinajstić information content (AvgIpc) is 2.75. The molecular formula is C19H31N3O3. The molecule has 1 spiro atoms. The highest BCUT2D eigenvalue weighted by atomic mass is 16.2. The van der Waals surface area contributed by atoms with Gasteiger partial charge in [0.05, 0.1) is 0 Å². The van der Waals surface area contributed by atoms with Crippen LogP contribution in [0.3, 0.4) is 0 Å². The molecule has 3 fully saturated rings. The van der Waals surface area contributed by atoms with Crippen molar-refractivity contribution >= 4 is 17.8 Å². The van der Waals surface area contributed by atoms with Gasteiger partial charge in [0.25, 0.3) is 5.91 Å². The van der Waals surface area contributed by atoms with Crippen LogP contribution in [0.15, 0.2) is 0 Å². The van der Waals surface area contributed by atoms with E-state index < -0.39 is 11.6 Å². The molecule has 0 aromatic heterocycles. The fourth-order valence-electron chi connectivity index (χ4n) is 4.77. The van der Waals surface area contributed by atoms with Gasteiger partial charge >= 0.3 is 6.03 Å². The van der Waals surface area contributed by atoms with Crippen molar-refractivity contribution in [3.05, 3.63) is 0 Å². The van der Waals surface area contributed by atoms with E-state index in [1.54, 1.807) is 0 Å². The van der Waals surface area contributed by atoms with Crippen LogP contribution in [0.5, 0.6) is 0 Å². The molecule has 25 heavy (non-hydrogen) atoms. The number of piperidine rings is 1. The highest BCUT2D eigenvalue weighted by Gasteiger charge is 2.51. The SMILES string of the molecule is C[C@H]1C[C@H](C)CN(C(=O)CN2C(=O)NC3(CCCCCCC3)C2=O)C1. The Kier molecular flexibility index (Phi) is 5.35. The van der Waals surface area contributed by atoms with Crippen molar-refractivity contribution in [3.63, 3.8) is 0 Å². The van der Waals surface area contributed by atoms with Gasteiger partial charge in [-0.3, -0.25) is 14.5 Å². The van der Waals surface area contributed by atoms with Crippen LogP contribution in [0.1, 0.15) is 65.2 Å². The lowest BCUT2D eigenvalue weighted by atomic mass is 9.84. The molecule has 4 amide bonds. The molecule has 0 aromatic carbocycles. The summed E-state index contributed by atoms with van der Waals surface area (Å²) >= 11 is 0. The molecule has 2 atom stereocenters. The summed E-state index contributed by atoms with van der Waals surface area (Å²) < 4.78 is 0. The van der Waals surface area contributed by atoms with Gasteiger partial charge in [-0.2, -0.15) is 0 Å². The summed E-state index contributed by atoms with van der Waals surface area (Å²) in [5.41, 5.74) is -0.764. The second kappa shape index (κ2) is 7.34. The number of amides is 4. The van der Waals surface area contributed by atoms with Crippen LogP contribution in [0, 0.1) is 11.8 Å². The summed E-state index contributed by atoms with van der Waals surface area (Å²) in [4.78, 5) is 41.1. The van der Waals surface area contributed by atoms with E-state index in [4.69, 9.17) is 0 Å². The second-order valence-corrected chi connectivity index (χ2v) is 8.42. The first kappa shape index (κ1) is 18.2. The van der Waals surface area contributed by atoms with Gasteiger partial charge < -0.3 is 10.2 Å². The lowest BCUT2D eigenvalue weighted by molar-refractivity contribution is -0.140. The van der Waals surface area contributed by atoms with Crippen LogP contribution in [0.25, 0.3) is 0 Å². The van der Waals surface area contributed by atoms with Crippen LogP contribution in [0.4, 0.5) is 4.79 Å². The maximum Gasteiger partial charge on any atom is 0.325 e. The topological polar surface area (TPSA) is 69.7 Å². The van der Waals surface area contributed by atoms with Crippen molar-refractivity contribution in [1.82, 2.24) is 15.1 Å². The Labute approximate surface area is 150 Å². The van der Waals surface area contributed by atoms with Crippen LogP contribution in [-0.4, -0.2) is 52.8 Å². The van der Waals surface area contributed by atoms with E-state index in [2.05, 4.69) is 19.2 Å². The largest absolute Gasteiger partial charge is 0.341 e. The molecule has 0 bridgehead atoms. The quantitative estimate of drug-likeness (QED) is 0.779. The molecule has 3 aliphatic rings. The molecule has 6 heteroatoms. The Morgan fingerprint density at radius 3 is 2.20 bits per heavy atom. The van der Waals surface area contributed by atoms with Gasteiger partial charge in [0, 0.05) is 13.1 Å². The molecule has 1 aliphatic carbocycles. The molecule has 0 aromatic rings. The average molecular weight is 349 g/mol. The van der Waals surface area contributed by atoms with Gasteiger partial charge in [0.2, 0.25) is 5.91 Å². The van der Waals surface area contributed by atoms with Crippen LogP contribution in [0.2, 0.25) is 0 Å². The summed E-state index contributed by atoms with van der Waals surface area (Å²) in [5.74, 6) is 0.635. The van der Waals surface area contributed by atoms with Gasteiger partial charge in [-0.1, -0.05) is 46.0 Å². The molecule has 2 heterocycles. The second-order valence-electron chi connectivity index (χ2n) is 8.42. The van der Waals surface area contributed by atoms with Crippen LogP contribution >= 0.6 is 0 Å². The van der Waals surface area contributed by atoms with Gasteiger partial charge in [-0.15, -0.1) is 0 Å². The minimum atomic E-state index is -0.764. The third-order valence-corrected chi connectivity index (χ3v) is 5.97. The highest BCUT2D eigenvalue weighted by molar-refractivity contribution is 6.09. The molecule has 1 saturated carbocycles. The van der Waals surface area contributed by atoms with E-state index in [0.717, 1.165) is 50.1 Å². The van der Waals surface area contributed by atoms with E-state index in [9.17, 15) is 14.4 Å². The van der Waals surface area contributed by atoms with Gasteiger partial charge in [0.1, 0.15) is 12.1 Å². The Morgan fingerprint density at radius 2 is 1.60 bits per heavy atom. The first-order valence-electron chi connectivity index (χ1n) is 9.83. The number of nitrogens with one attached hydrogen (secondary N) is 1. The standard InChI is InChI=1S/C19H31N3O3/c1-14-10-15(2)12-21(11-14)16(23)13-22-17(24)19(20-18(22)25)8-6-4-3-5-7-9-19/h14-15H,3-13H2,1-2H3,(H,20,25)/t14-,15-/m0/s1. The summed E-state index contributed by atoms with van der Waals surface area (Å²) in [6, 6.07) is -0.392. The number of nitrogens with zero attached hydrogens (tertiary/aromatic N) is 2. The number of hydrogen-bond acceptors (Lipinski definition) is 3. The van der Waals surface area contributed by atoms with Crippen LogP contribution < -0.4 is 5.32 Å². The number of carbonyl (C=O) groups is 3. The number of hydrogen-bond donors (Lipinski definition) is 1. The van der Waals surface area contributed by atoms with Crippen molar-refractivity contribution in [1.29, 1.82) is 0 Å². The first-order valence-corrected chi connectivity index (χ1v) is 9.83. The fraction of sp³-hybridized carbons (Fsp3) is 0.842. The zero-order valence-corrected chi connectivity index (χ0v) is 15.6. The number of urea groups is 1. The molecule has 1 N–H and O–H groups in total. The molecule has 6 nitrogen and oxygen atoms in total. The summed E-state index contributed by atoms with van der Waals surface area (Å²) in [5, 5.41) is 2.93. The first-order chi connectivity index (χ1) is 11.9. The minimum Gasteiger partial charge on any atom is -0.341 e. The lowest BCUT2D eigenvalue weighted by Gasteiger charge is -2.35. The van der Waals surface area contributed by atoms with E-state index in [1.165, 1.54) is 6.42 Å². The predicted molar refractivity (Wildman–Crippen MR) is 94.8 cm³/mol. The normalized spacial score (nSPS) is 30.2. The van der Waals surface area contributed by atoms with Crippen molar-refractivity contribution < 1.29 is 14.4 Å². The van der Waals surface area contributed by atoms with E-state index in [1.807, 2.05) is 4.90 Å². The van der Waals surface area contributed by atoms with Crippen LogP contribution in [-0.2, 0) is 9.59 Å². The molecular weight excluding hydrogens is 318 g/mol. The number of imide groups is 1. The van der Waals surface area contributed by atoms with E-state index in [0.29, 0.717) is 24.7 Å². The van der Waals surface area contributed by atoms with Gasteiger partial charge in [0.15, 0.2) is 0 Å². The monoisotopic (exact) mass is 349 g/mol. The van der Waals surface area contributed by atoms with E-state index >= 15 is 0 Å². The lowest BCUT2D eigenvalue weighted by Crippen LogP contribution is -2.50. The maximum atomic E-state index is 13.0. The Bertz CT molecular complexity index is 530. The molecule has 0 radical (unpaired) electrons. The number of rotatable bonds is 2. The summed E-state index contributed by atoms with van der Waals surface area (Å²) in [6.07, 6.45) is 7.83. The van der Waals surface area contributed by atoms with Crippen molar-refractivity contribution in [2.45, 2.75) is 70.8 Å². The molecule has 3 rings (SSSR count). The van der Waals surface area contributed by atoms with Gasteiger partial charge in [-0.25, -0.2) is 4.79 Å². The van der Waals surface area contributed by atoms with Gasteiger partial charge in [-0.05, 0) is 31.1 Å². The smallest absolute Gasteiger partial charge is 0.325 e. The van der Waals surface area contributed by atoms with Crippen molar-refractivity contribution in [2.75, 3.05) is 19.6 Å². The molecule has 0 unspecified atom stereocenters. The zero-order valence-electron chi connectivity index (χ0n) is 15.6. The molecule has 2 aliphatic heterocycles. The summed E-state index contributed by atoms with van der Waals surface area (Å²) in [6.45, 7) is 5.61. The molecule has 140 valence electrons. The molecule has 2 saturated heterocycles. The van der Waals surface area contributed by atoms with E-state index in [-0.39, 0.29) is 18.4 Å². The van der Waals surface area contributed by atoms with Crippen molar-refractivity contribution in [3.8, 4) is 0 Å². The zero-order chi connectivity index (χ0) is 18.0. The number of carbonyl (C=O) groups excluding carboxylic acids is 3. The maximum absolute atomic E-state index is 13.0.